The van der Waals surface area contributed by atoms with Crippen molar-refractivity contribution in [3.63, 3.8) is 0 Å². The highest BCUT2D eigenvalue weighted by atomic mass is 16.2. The van der Waals surface area contributed by atoms with Crippen molar-refractivity contribution in [2.75, 3.05) is 13.1 Å². The van der Waals surface area contributed by atoms with E-state index in [2.05, 4.69) is 21.9 Å². The highest BCUT2D eigenvalue weighted by molar-refractivity contribution is 6.45. The molecule has 0 unspecified atom stereocenters. The second kappa shape index (κ2) is 5.65. The fourth-order valence-electron chi connectivity index (χ4n) is 2.48. The summed E-state index contributed by atoms with van der Waals surface area (Å²) in [6.07, 6.45) is 5.48. The molecule has 17 heavy (non-hydrogen) atoms. The van der Waals surface area contributed by atoms with Crippen molar-refractivity contribution in [2.24, 2.45) is 5.92 Å². The minimum atomic E-state index is -0.294. The maximum absolute atomic E-state index is 9.50. The van der Waals surface area contributed by atoms with Crippen molar-refractivity contribution < 1.29 is 5.02 Å². The molecule has 1 aliphatic heterocycles. The zero-order valence-corrected chi connectivity index (χ0v) is 10.8. The molecule has 1 saturated heterocycles. The summed E-state index contributed by atoms with van der Waals surface area (Å²) < 4.78 is 0. The van der Waals surface area contributed by atoms with Crippen molar-refractivity contribution in [2.45, 2.75) is 33.0 Å². The van der Waals surface area contributed by atoms with E-state index in [9.17, 15) is 5.02 Å². The van der Waals surface area contributed by atoms with Crippen molar-refractivity contribution in [3.05, 3.63) is 29.6 Å². The van der Waals surface area contributed by atoms with Crippen LogP contribution < -0.4 is 0 Å². The summed E-state index contributed by atoms with van der Waals surface area (Å²) in [6, 6.07) is 4.27. The van der Waals surface area contributed by atoms with Crippen molar-refractivity contribution in [1.82, 2.24) is 9.79 Å². The van der Waals surface area contributed by atoms with Gasteiger partial charge in [0, 0.05) is 11.9 Å². The van der Waals surface area contributed by atoms with Gasteiger partial charge < -0.3 is 9.83 Å². The Labute approximate surface area is 104 Å². The van der Waals surface area contributed by atoms with Crippen LogP contribution in [0.4, 0.5) is 0 Å². The third-order valence-corrected chi connectivity index (χ3v) is 3.67. The van der Waals surface area contributed by atoms with Crippen LogP contribution in [-0.4, -0.2) is 35.0 Å². The van der Waals surface area contributed by atoms with Crippen LogP contribution in [0.5, 0.6) is 0 Å². The second-order valence-corrected chi connectivity index (χ2v) is 5.12. The van der Waals surface area contributed by atoms with E-state index < -0.39 is 0 Å². The number of aryl methyl sites for hydroxylation is 1. The van der Waals surface area contributed by atoms with Gasteiger partial charge in [-0.2, -0.15) is 0 Å². The molecule has 0 saturated carbocycles. The van der Waals surface area contributed by atoms with Crippen molar-refractivity contribution >= 4 is 7.05 Å². The molecule has 0 atom stereocenters. The minimum absolute atomic E-state index is 0.294. The molecule has 1 aromatic heterocycles. The zero-order chi connectivity index (χ0) is 12.3. The van der Waals surface area contributed by atoms with Crippen LogP contribution in [0.1, 0.15) is 24.1 Å². The van der Waals surface area contributed by atoms with E-state index in [4.69, 9.17) is 0 Å². The lowest BCUT2D eigenvalue weighted by Gasteiger charge is -2.32. The molecule has 1 aromatic rings. The SMILES string of the molecule is CB(O)N1CCC(Cc2ccc(C)nc2)CC1. The summed E-state index contributed by atoms with van der Waals surface area (Å²) in [5.41, 5.74) is 2.42. The Morgan fingerprint density at radius 2 is 2.12 bits per heavy atom. The van der Waals surface area contributed by atoms with Crippen LogP contribution in [0.25, 0.3) is 0 Å². The second-order valence-electron chi connectivity index (χ2n) is 5.12. The van der Waals surface area contributed by atoms with Crippen molar-refractivity contribution in [1.29, 1.82) is 0 Å². The molecule has 1 N–H and O–H groups in total. The Kier molecular flexibility index (Phi) is 4.18. The normalized spacial score (nSPS) is 18.3. The Morgan fingerprint density at radius 1 is 1.41 bits per heavy atom. The van der Waals surface area contributed by atoms with Gasteiger partial charge in [-0.15, -0.1) is 0 Å². The zero-order valence-electron chi connectivity index (χ0n) is 10.8. The number of pyridine rings is 1. The fraction of sp³-hybridized carbons (Fsp3) is 0.615. The van der Waals surface area contributed by atoms with E-state index in [1.54, 1.807) is 0 Å². The molecule has 0 amide bonds. The average Bonchev–Trinajstić information content (AvgIpc) is 2.33. The molecular formula is C13H21BN2O. The lowest BCUT2D eigenvalue weighted by Crippen LogP contribution is -2.43. The number of nitrogens with zero attached hydrogens (tertiary/aromatic N) is 2. The van der Waals surface area contributed by atoms with Gasteiger partial charge in [0.15, 0.2) is 0 Å². The van der Waals surface area contributed by atoms with Gasteiger partial charge in [-0.1, -0.05) is 6.07 Å². The molecule has 0 aromatic carbocycles. The number of rotatable bonds is 3. The molecule has 0 radical (unpaired) electrons. The first-order valence-corrected chi connectivity index (χ1v) is 6.49. The van der Waals surface area contributed by atoms with E-state index in [-0.39, 0.29) is 7.05 Å². The van der Waals surface area contributed by atoms with E-state index in [1.807, 2.05) is 19.9 Å². The van der Waals surface area contributed by atoms with Crippen LogP contribution >= 0.6 is 0 Å². The third kappa shape index (κ3) is 3.55. The average molecular weight is 232 g/mol. The summed E-state index contributed by atoms with van der Waals surface area (Å²) in [4.78, 5) is 6.48. The quantitative estimate of drug-likeness (QED) is 0.806. The topological polar surface area (TPSA) is 36.4 Å². The van der Waals surface area contributed by atoms with Crippen LogP contribution in [-0.2, 0) is 6.42 Å². The maximum Gasteiger partial charge on any atom is 0.376 e. The van der Waals surface area contributed by atoms with Gasteiger partial charge in [-0.05, 0) is 63.6 Å². The number of hydrogen-bond donors (Lipinski definition) is 1. The van der Waals surface area contributed by atoms with Gasteiger partial charge in [0.25, 0.3) is 0 Å². The van der Waals surface area contributed by atoms with Crippen LogP contribution in [0.3, 0.4) is 0 Å². The van der Waals surface area contributed by atoms with Gasteiger partial charge in [-0.25, -0.2) is 0 Å². The highest BCUT2D eigenvalue weighted by Gasteiger charge is 2.23. The molecule has 3 nitrogen and oxygen atoms in total. The predicted molar refractivity (Wildman–Crippen MR) is 70.8 cm³/mol. The Morgan fingerprint density at radius 3 is 2.65 bits per heavy atom. The van der Waals surface area contributed by atoms with Gasteiger partial charge in [-0.3, -0.25) is 4.98 Å². The number of aromatic nitrogens is 1. The van der Waals surface area contributed by atoms with E-state index in [0.717, 1.165) is 31.1 Å². The summed E-state index contributed by atoms with van der Waals surface area (Å²) in [6.45, 7) is 5.90. The molecule has 2 rings (SSSR count). The van der Waals surface area contributed by atoms with Gasteiger partial charge in [0.2, 0.25) is 0 Å². The number of piperidine rings is 1. The standard InChI is InChI=1S/C13H21BN2O/c1-11-3-4-13(10-15-11)9-12-5-7-16(8-6-12)14(2)17/h3-4,10,12,17H,5-9H2,1-2H3. The van der Waals surface area contributed by atoms with Crippen molar-refractivity contribution in [3.8, 4) is 0 Å². The lowest BCUT2D eigenvalue weighted by atomic mass is 9.80. The first-order valence-electron chi connectivity index (χ1n) is 6.49. The molecule has 0 aliphatic carbocycles. The molecule has 0 bridgehead atoms. The third-order valence-electron chi connectivity index (χ3n) is 3.67. The van der Waals surface area contributed by atoms with E-state index in [0.29, 0.717) is 0 Å². The Balaban J connectivity index is 1.84. The molecule has 1 aliphatic rings. The smallest absolute Gasteiger partial charge is 0.376 e. The van der Waals surface area contributed by atoms with E-state index >= 15 is 0 Å². The number of hydrogen-bond acceptors (Lipinski definition) is 3. The predicted octanol–water partition coefficient (Wildman–Crippen LogP) is 1.75. The van der Waals surface area contributed by atoms with E-state index in [1.165, 1.54) is 18.4 Å². The first kappa shape index (κ1) is 12.6. The Hall–Kier alpha value is -0.865. The molecule has 4 heteroatoms. The molecule has 2 heterocycles. The molecular weight excluding hydrogens is 211 g/mol. The summed E-state index contributed by atoms with van der Waals surface area (Å²) in [5, 5.41) is 9.50. The molecule has 1 fully saturated rings. The summed E-state index contributed by atoms with van der Waals surface area (Å²) in [7, 11) is -0.294. The van der Waals surface area contributed by atoms with Gasteiger partial charge in [0.05, 0.1) is 0 Å². The van der Waals surface area contributed by atoms with Crippen LogP contribution in [0.15, 0.2) is 18.3 Å². The summed E-state index contributed by atoms with van der Waals surface area (Å²) >= 11 is 0. The maximum atomic E-state index is 9.50. The molecule has 92 valence electrons. The highest BCUT2D eigenvalue weighted by Crippen LogP contribution is 2.21. The van der Waals surface area contributed by atoms with Crippen LogP contribution in [0, 0.1) is 12.8 Å². The largest absolute Gasteiger partial charge is 0.437 e. The van der Waals surface area contributed by atoms with Gasteiger partial charge in [0.1, 0.15) is 0 Å². The first-order chi connectivity index (χ1) is 8.15. The molecule has 0 spiro atoms. The van der Waals surface area contributed by atoms with Crippen LogP contribution in [0.2, 0.25) is 6.82 Å². The summed E-state index contributed by atoms with van der Waals surface area (Å²) in [5.74, 6) is 0.745. The van der Waals surface area contributed by atoms with Gasteiger partial charge >= 0.3 is 7.05 Å². The fourth-order valence-corrected chi connectivity index (χ4v) is 2.48. The lowest BCUT2D eigenvalue weighted by molar-refractivity contribution is 0.250. The Bertz CT molecular complexity index is 345. The monoisotopic (exact) mass is 232 g/mol. The minimum Gasteiger partial charge on any atom is -0.437 e.